The molecule has 2 N–H and O–H groups in total. The van der Waals surface area contributed by atoms with Gasteiger partial charge in [0.1, 0.15) is 0 Å². The monoisotopic (exact) mass is 345 g/mol. The van der Waals surface area contributed by atoms with Gasteiger partial charge in [0, 0.05) is 30.7 Å². The van der Waals surface area contributed by atoms with E-state index in [1.165, 1.54) is 7.11 Å². The molecule has 1 aromatic carbocycles. The van der Waals surface area contributed by atoms with E-state index in [2.05, 4.69) is 0 Å². The van der Waals surface area contributed by atoms with E-state index in [-0.39, 0.29) is 30.1 Å². The molecule has 6 nitrogen and oxygen atoms in total. The highest BCUT2D eigenvalue weighted by molar-refractivity contribution is 5.95. The third-order valence-electron chi connectivity index (χ3n) is 5.35. The van der Waals surface area contributed by atoms with Crippen molar-refractivity contribution >= 4 is 17.7 Å². The molecule has 6 heteroatoms. The summed E-state index contributed by atoms with van der Waals surface area (Å²) in [4.78, 5) is 28.5. The summed E-state index contributed by atoms with van der Waals surface area (Å²) >= 11 is 0. The average molecular weight is 345 g/mol. The largest absolute Gasteiger partial charge is 0.469 e. The molecule has 2 fully saturated rings. The number of nitrogens with two attached hydrogens (primary N) is 1. The first-order chi connectivity index (χ1) is 12.1. The zero-order valence-corrected chi connectivity index (χ0v) is 14.8. The number of urea groups is 1. The van der Waals surface area contributed by atoms with Gasteiger partial charge in [-0.3, -0.25) is 9.69 Å². The average Bonchev–Trinajstić information content (AvgIpc) is 2.97. The fraction of sp³-hybridized carbons (Fsp3) is 0.579. The summed E-state index contributed by atoms with van der Waals surface area (Å²) in [5, 5.41) is 0. The van der Waals surface area contributed by atoms with Gasteiger partial charge in [-0.15, -0.1) is 0 Å². The van der Waals surface area contributed by atoms with Crippen LogP contribution in [-0.2, 0) is 9.53 Å². The molecule has 1 atom stereocenters. The topological polar surface area (TPSA) is 75.9 Å². The van der Waals surface area contributed by atoms with Crippen LogP contribution in [0.3, 0.4) is 0 Å². The lowest BCUT2D eigenvalue weighted by atomic mass is 9.91. The molecular weight excluding hydrogens is 318 g/mol. The first-order valence-electron chi connectivity index (χ1n) is 9.07. The number of carbonyl (C=O) groups is 2. The Balaban J connectivity index is 1.77. The van der Waals surface area contributed by atoms with Crippen LogP contribution in [0.5, 0.6) is 0 Å². The first kappa shape index (κ1) is 17.7. The van der Waals surface area contributed by atoms with Gasteiger partial charge in [0.05, 0.1) is 13.2 Å². The maximum absolute atomic E-state index is 13.1. The zero-order valence-electron chi connectivity index (χ0n) is 14.8. The Morgan fingerprint density at radius 1 is 1.20 bits per heavy atom. The van der Waals surface area contributed by atoms with Crippen molar-refractivity contribution in [3.05, 3.63) is 30.3 Å². The number of esters is 1. The van der Waals surface area contributed by atoms with E-state index in [1.54, 1.807) is 0 Å². The highest BCUT2D eigenvalue weighted by atomic mass is 16.5. The SMILES string of the molecule is COC(=O)CCC1CN(C2CCC(N)CC2)C(=O)N1c1ccccc1. The second kappa shape index (κ2) is 7.87. The summed E-state index contributed by atoms with van der Waals surface area (Å²) < 4.78 is 4.76. The summed E-state index contributed by atoms with van der Waals surface area (Å²) in [5.74, 6) is -0.234. The number of anilines is 1. The van der Waals surface area contributed by atoms with Crippen molar-refractivity contribution in [1.29, 1.82) is 0 Å². The number of methoxy groups -OCH3 is 1. The van der Waals surface area contributed by atoms with Crippen LogP contribution in [0.15, 0.2) is 30.3 Å². The molecule has 2 amide bonds. The molecule has 1 aromatic rings. The number of amides is 2. The molecule has 0 radical (unpaired) electrons. The molecule has 25 heavy (non-hydrogen) atoms. The molecular formula is C19H27N3O3. The minimum absolute atomic E-state index is 0.00963. The fourth-order valence-electron chi connectivity index (χ4n) is 3.92. The predicted octanol–water partition coefficient (Wildman–Crippen LogP) is 2.52. The van der Waals surface area contributed by atoms with E-state index in [0.29, 0.717) is 19.4 Å². The Kier molecular flexibility index (Phi) is 5.58. The molecule has 0 aromatic heterocycles. The van der Waals surface area contributed by atoms with Crippen LogP contribution >= 0.6 is 0 Å². The van der Waals surface area contributed by atoms with E-state index in [9.17, 15) is 9.59 Å². The first-order valence-corrected chi connectivity index (χ1v) is 9.07. The zero-order chi connectivity index (χ0) is 17.8. The van der Waals surface area contributed by atoms with Crippen molar-refractivity contribution in [3.8, 4) is 0 Å². The molecule has 1 unspecified atom stereocenters. The predicted molar refractivity (Wildman–Crippen MR) is 96.3 cm³/mol. The summed E-state index contributed by atoms with van der Waals surface area (Å²) in [6.07, 6.45) is 4.77. The van der Waals surface area contributed by atoms with Crippen molar-refractivity contribution in [3.63, 3.8) is 0 Å². The van der Waals surface area contributed by atoms with Crippen LogP contribution in [0.1, 0.15) is 38.5 Å². The summed E-state index contributed by atoms with van der Waals surface area (Å²) in [6.45, 7) is 0.657. The molecule has 0 bridgehead atoms. The Bertz CT molecular complexity index is 599. The number of rotatable bonds is 5. The maximum Gasteiger partial charge on any atom is 0.325 e. The summed E-state index contributed by atoms with van der Waals surface area (Å²) in [5.41, 5.74) is 6.89. The van der Waals surface area contributed by atoms with Crippen LogP contribution in [0.4, 0.5) is 10.5 Å². The standard InChI is InChI=1S/C19H27N3O3/c1-25-18(23)12-11-17-13-21(15-9-7-14(20)8-10-15)19(24)22(17)16-5-3-2-4-6-16/h2-6,14-15,17H,7-13,20H2,1H3. The van der Waals surface area contributed by atoms with Gasteiger partial charge in [0.2, 0.25) is 0 Å². The second-order valence-corrected chi connectivity index (χ2v) is 6.98. The lowest BCUT2D eigenvalue weighted by Crippen LogP contribution is -2.43. The number of para-hydroxylation sites is 1. The van der Waals surface area contributed by atoms with E-state index < -0.39 is 0 Å². The Morgan fingerprint density at radius 2 is 1.88 bits per heavy atom. The van der Waals surface area contributed by atoms with Crippen LogP contribution in [0.25, 0.3) is 0 Å². The molecule has 2 aliphatic rings. The number of carbonyl (C=O) groups excluding carboxylic acids is 2. The number of benzene rings is 1. The number of hydrogen-bond donors (Lipinski definition) is 1. The summed E-state index contributed by atoms with van der Waals surface area (Å²) in [6, 6.07) is 10.2. The van der Waals surface area contributed by atoms with Crippen molar-refractivity contribution in [1.82, 2.24) is 4.90 Å². The maximum atomic E-state index is 13.1. The number of nitrogens with zero attached hydrogens (tertiary/aromatic N) is 2. The van der Waals surface area contributed by atoms with Gasteiger partial charge in [0.25, 0.3) is 0 Å². The van der Waals surface area contributed by atoms with E-state index >= 15 is 0 Å². The van der Waals surface area contributed by atoms with E-state index in [1.807, 2.05) is 40.1 Å². The van der Waals surface area contributed by atoms with Crippen molar-refractivity contribution in [2.45, 2.75) is 56.7 Å². The Hall–Kier alpha value is -2.08. The van der Waals surface area contributed by atoms with Crippen molar-refractivity contribution in [2.75, 3.05) is 18.6 Å². The van der Waals surface area contributed by atoms with Crippen LogP contribution in [0.2, 0.25) is 0 Å². The van der Waals surface area contributed by atoms with Gasteiger partial charge >= 0.3 is 12.0 Å². The highest BCUT2D eigenvalue weighted by Gasteiger charge is 2.41. The molecule has 1 aliphatic heterocycles. The third-order valence-corrected chi connectivity index (χ3v) is 5.35. The lowest BCUT2D eigenvalue weighted by Gasteiger charge is -2.33. The second-order valence-electron chi connectivity index (χ2n) is 6.98. The van der Waals surface area contributed by atoms with E-state index in [4.69, 9.17) is 10.5 Å². The molecule has 1 aliphatic carbocycles. The number of ether oxygens (including phenoxy) is 1. The smallest absolute Gasteiger partial charge is 0.325 e. The number of hydrogen-bond acceptors (Lipinski definition) is 4. The quantitative estimate of drug-likeness (QED) is 0.832. The minimum atomic E-state index is -0.234. The normalized spacial score (nSPS) is 26.8. The van der Waals surface area contributed by atoms with Gasteiger partial charge in [0.15, 0.2) is 0 Å². The highest BCUT2D eigenvalue weighted by Crippen LogP contribution is 2.32. The molecule has 1 saturated heterocycles. The molecule has 0 spiro atoms. The van der Waals surface area contributed by atoms with Crippen molar-refractivity contribution in [2.24, 2.45) is 5.73 Å². The molecule has 3 rings (SSSR count). The molecule has 1 saturated carbocycles. The van der Waals surface area contributed by atoms with Crippen LogP contribution < -0.4 is 10.6 Å². The van der Waals surface area contributed by atoms with Gasteiger partial charge < -0.3 is 15.4 Å². The van der Waals surface area contributed by atoms with Gasteiger partial charge in [-0.25, -0.2) is 4.79 Å². The fourth-order valence-corrected chi connectivity index (χ4v) is 3.92. The third kappa shape index (κ3) is 3.95. The Labute approximate surface area is 148 Å². The molecule has 136 valence electrons. The van der Waals surface area contributed by atoms with Gasteiger partial charge in [-0.2, -0.15) is 0 Å². The van der Waals surface area contributed by atoms with Gasteiger partial charge in [-0.1, -0.05) is 18.2 Å². The summed E-state index contributed by atoms with van der Waals surface area (Å²) in [7, 11) is 1.40. The van der Waals surface area contributed by atoms with Crippen LogP contribution in [-0.4, -0.2) is 48.7 Å². The molecule has 1 heterocycles. The Morgan fingerprint density at radius 3 is 2.52 bits per heavy atom. The lowest BCUT2D eigenvalue weighted by molar-refractivity contribution is -0.140. The minimum Gasteiger partial charge on any atom is -0.469 e. The van der Waals surface area contributed by atoms with Crippen LogP contribution in [0, 0.1) is 0 Å². The van der Waals surface area contributed by atoms with Crippen molar-refractivity contribution < 1.29 is 14.3 Å². The van der Waals surface area contributed by atoms with E-state index in [0.717, 1.165) is 31.4 Å². The van der Waals surface area contributed by atoms with Gasteiger partial charge in [-0.05, 0) is 44.2 Å².